The van der Waals surface area contributed by atoms with Gasteiger partial charge in [0, 0.05) is 43.0 Å². The quantitative estimate of drug-likeness (QED) is 0.826. The smallest absolute Gasteiger partial charge is 0.337 e. The fourth-order valence-electron chi connectivity index (χ4n) is 4.11. The second-order valence-electron chi connectivity index (χ2n) is 7.11. The normalized spacial score (nSPS) is 20.6. The van der Waals surface area contributed by atoms with Crippen LogP contribution >= 0.6 is 0 Å². The molecule has 2 aromatic rings. The number of nitrogens with one attached hydrogen (secondary N) is 1. The van der Waals surface area contributed by atoms with E-state index in [1.807, 2.05) is 10.6 Å². The number of esters is 1. The van der Waals surface area contributed by atoms with Gasteiger partial charge in [-0.3, -0.25) is 4.79 Å². The summed E-state index contributed by atoms with van der Waals surface area (Å²) in [6, 6.07) is 11.8. The topological polar surface area (TPSA) is 80.6 Å². The predicted molar refractivity (Wildman–Crippen MR) is 99.9 cm³/mol. The Morgan fingerprint density at radius 3 is 2.74 bits per heavy atom. The van der Waals surface area contributed by atoms with Crippen LogP contribution in [0.15, 0.2) is 47.3 Å². The van der Waals surface area contributed by atoms with Crippen molar-refractivity contribution in [3.8, 4) is 0 Å². The lowest BCUT2D eigenvalue weighted by Crippen LogP contribution is -2.50. The first-order valence-corrected chi connectivity index (χ1v) is 8.99. The summed E-state index contributed by atoms with van der Waals surface area (Å²) in [5.41, 5.74) is 1.97. The van der Waals surface area contributed by atoms with Crippen molar-refractivity contribution >= 4 is 17.7 Å². The minimum Gasteiger partial charge on any atom is -0.465 e. The number of nitrogens with zero attached hydrogens (tertiary/aromatic N) is 2. The fraction of sp³-hybridized carbons (Fsp3) is 0.350. The number of aromatic nitrogens is 1. The molecule has 1 aromatic heterocycles. The van der Waals surface area contributed by atoms with Gasteiger partial charge in [-0.15, -0.1) is 0 Å². The van der Waals surface area contributed by atoms with E-state index >= 15 is 0 Å². The standard InChI is InChI=1S/C20H21N3O4/c1-27-19(25)14-4-2-5-16(9-14)21-20(26)22-10-13-8-15(12-22)17-6-3-7-18(24)23(17)11-13/h2-7,9,13,15H,8,10-12H2,1H3,(H,21,26)/t13-,15-/m1/s1. The third-order valence-electron chi connectivity index (χ3n) is 5.30. The van der Waals surface area contributed by atoms with Crippen LogP contribution in [0.3, 0.4) is 0 Å². The van der Waals surface area contributed by atoms with Crippen LogP contribution in [0.2, 0.25) is 0 Å². The third-order valence-corrected chi connectivity index (χ3v) is 5.30. The number of benzene rings is 1. The van der Waals surface area contributed by atoms with Crippen LogP contribution in [0.4, 0.5) is 10.5 Å². The number of piperidine rings is 1. The highest BCUT2D eigenvalue weighted by Crippen LogP contribution is 2.35. The maximum Gasteiger partial charge on any atom is 0.337 e. The monoisotopic (exact) mass is 367 g/mol. The summed E-state index contributed by atoms with van der Waals surface area (Å²) >= 11 is 0. The summed E-state index contributed by atoms with van der Waals surface area (Å²) in [6.45, 7) is 1.83. The van der Waals surface area contributed by atoms with Crippen LogP contribution in [-0.4, -0.2) is 41.7 Å². The first-order valence-electron chi connectivity index (χ1n) is 8.99. The van der Waals surface area contributed by atoms with Crippen molar-refractivity contribution in [2.75, 3.05) is 25.5 Å². The largest absolute Gasteiger partial charge is 0.465 e. The van der Waals surface area contributed by atoms with Crippen molar-refractivity contribution in [1.29, 1.82) is 0 Å². The number of ether oxygens (including phenoxy) is 1. The maximum absolute atomic E-state index is 12.8. The molecule has 1 fully saturated rings. The number of amides is 2. The highest BCUT2D eigenvalue weighted by atomic mass is 16.5. The van der Waals surface area contributed by atoms with Crippen LogP contribution in [0.5, 0.6) is 0 Å². The molecular weight excluding hydrogens is 346 g/mol. The number of hydrogen-bond acceptors (Lipinski definition) is 4. The average molecular weight is 367 g/mol. The van der Waals surface area contributed by atoms with Crippen molar-refractivity contribution in [3.05, 3.63) is 64.1 Å². The lowest BCUT2D eigenvalue weighted by molar-refractivity contribution is 0.0600. The van der Waals surface area contributed by atoms with Gasteiger partial charge in [-0.2, -0.15) is 0 Å². The first-order chi connectivity index (χ1) is 13.0. The van der Waals surface area contributed by atoms with Crippen LogP contribution < -0.4 is 10.9 Å². The zero-order valence-electron chi connectivity index (χ0n) is 15.1. The van der Waals surface area contributed by atoms with Crippen LogP contribution in [0.1, 0.15) is 28.4 Å². The Labute approximate surface area is 156 Å². The summed E-state index contributed by atoms with van der Waals surface area (Å²) < 4.78 is 6.56. The molecule has 1 saturated heterocycles. The Bertz CT molecular complexity index is 952. The molecular formula is C20H21N3O4. The van der Waals surface area contributed by atoms with E-state index in [4.69, 9.17) is 4.74 Å². The molecule has 1 N–H and O–H groups in total. The summed E-state index contributed by atoms with van der Waals surface area (Å²) in [6.07, 6.45) is 0.991. The van der Waals surface area contributed by atoms with Gasteiger partial charge in [0.05, 0.1) is 12.7 Å². The Balaban J connectivity index is 1.50. The number of pyridine rings is 1. The molecule has 2 amide bonds. The zero-order chi connectivity index (χ0) is 19.0. The summed E-state index contributed by atoms with van der Waals surface area (Å²) in [4.78, 5) is 38.3. The molecule has 27 heavy (non-hydrogen) atoms. The number of methoxy groups -OCH3 is 1. The minimum atomic E-state index is -0.444. The second kappa shape index (κ2) is 6.90. The van der Waals surface area contributed by atoms with E-state index in [9.17, 15) is 14.4 Å². The number of fused-ring (bicyclic) bond motifs is 4. The number of carbonyl (C=O) groups is 2. The average Bonchev–Trinajstić information content (AvgIpc) is 2.68. The lowest BCUT2D eigenvalue weighted by atomic mass is 9.83. The van der Waals surface area contributed by atoms with Crippen molar-refractivity contribution in [2.45, 2.75) is 18.9 Å². The molecule has 0 radical (unpaired) electrons. The number of urea groups is 1. The number of likely N-dealkylation sites (tertiary alicyclic amines) is 1. The van der Waals surface area contributed by atoms with Gasteiger partial charge in [-0.25, -0.2) is 9.59 Å². The van der Waals surface area contributed by atoms with Gasteiger partial charge in [0.2, 0.25) is 0 Å². The van der Waals surface area contributed by atoms with E-state index < -0.39 is 5.97 Å². The van der Waals surface area contributed by atoms with Crippen LogP contribution in [0.25, 0.3) is 0 Å². The molecule has 2 atom stereocenters. The van der Waals surface area contributed by atoms with E-state index in [0.29, 0.717) is 30.9 Å². The van der Waals surface area contributed by atoms with Gasteiger partial charge in [-0.05, 0) is 36.6 Å². The number of hydrogen-bond donors (Lipinski definition) is 1. The Morgan fingerprint density at radius 1 is 1.11 bits per heavy atom. The third kappa shape index (κ3) is 3.32. The Kier molecular flexibility index (Phi) is 4.43. The second-order valence-corrected chi connectivity index (χ2v) is 7.11. The van der Waals surface area contributed by atoms with Crippen molar-refractivity contribution in [1.82, 2.24) is 9.47 Å². The number of anilines is 1. The molecule has 4 rings (SSSR count). The van der Waals surface area contributed by atoms with E-state index in [0.717, 1.165) is 12.1 Å². The van der Waals surface area contributed by atoms with Crippen molar-refractivity contribution in [2.24, 2.45) is 5.92 Å². The van der Waals surface area contributed by atoms with Gasteiger partial charge < -0.3 is 19.5 Å². The van der Waals surface area contributed by atoms with Crippen LogP contribution in [-0.2, 0) is 11.3 Å². The molecule has 2 aliphatic rings. The van der Waals surface area contributed by atoms with Gasteiger partial charge in [0.1, 0.15) is 0 Å². The molecule has 0 saturated carbocycles. The maximum atomic E-state index is 12.8. The fourth-order valence-corrected chi connectivity index (χ4v) is 4.11. The van der Waals surface area contributed by atoms with Crippen molar-refractivity contribution < 1.29 is 14.3 Å². The molecule has 0 aliphatic carbocycles. The molecule has 7 nitrogen and oxygen atoms in total. The highest BCUT2D eigenvalue weighted by Gasteiger charge is 2.36. The number of rotatable bonds is 2. The van der Waals surface area contributed by atoms with Crippen molar-refractivity contribution in [3.63, 3.8) is 0 Å². The van der Waals surface area contributed by atoms with Gasteiger partial charge in [0.25, 0.3) is 5.56 Å². The summed E-state index contributed by atoms with van der Waals surface area (Å²) in [5, 5.41) is 2.87. The summed E-state index contributed by atoms with van der Waals surface area (Å²) in [7, 11) is 1.32. The van der Waals surface area contributed by atoms with E-state index in [1.165, 1.54) is 7.11 Å². The molecule has 2 aliphatic heterocycles. The Hall–Kier alpha value is -3.09. The SMILES string of the molecule is COC(=O)c1cccc(NC(=O)N2C[C@H]3C[C@H](C2)c2cccc(=O)n2C3)c1. The van der Waals surface area contributed by atoms with E-state index in [2.05, 4.69) is 5.32 Å². The summed E-state index contributed by atoms with van der Waals surface area (Å²) in [5.74, 6) is -0.0114. The van der Waals surface area contributed by atoms with E-state index in [-0.39, 0.29) is 23.4 Å². The first kappa shape index (κ1) is 17.3. The zero-order valence-corrected chi connectivity index (χ0v) is 15.1. The molecule has 0 unspecified atom stereocenters. The minimum absolute atomic E-state index is 0.0275. The highest BCUT2D eigenvalue weighted by molar-refractivity contribution is 5.94. The predicted octanol–water partition coefficient (Wildman–Crippen LogP) is 2.29. The van der Waals surface area contributed by atoms with E-state index in [1.54, 1.807) is 41.3 Å². The Morgan fingerprint density at radius 2 is 1.93 bits per heavy atom. The molecule has 140 valence electrons. The molecule has 3 heterocycles. The van der Waals surface area contributed by atoms with Gasteiger partial charge in [-0.1, -0.05) is 12.1 Å². The lowest BCUT2D eigenvalue weighted by Gasteiger charge is -2.42. The molecule has 1 aromatic carbocycles. The molecule has 2 bridgehead atoms. The van der Waals surface area contributed by atoms with Gasteiger partial charge >= 0.3 is 12.0 Å². The molecule has 7 heteroatoms. The number of carbonyl (C=O) groups excluding carboxylic acids is 2. The van der Waals surface area contributed by atoms with Gasteiger partial charge in [0.15, 0.2) is 0 Å². The molecule has 0 spiro atoms. The van der Waals surface area contributed by atoms with Crippen LogP contribution in [0, 0.1) is 5.92 Å².